The zero-order chi connectivity index (χ0) is 12.6. The first-order chi connectivity index (χ1) is 8.04. The maximum Gasteiger partial charge on any atom is 0.333 e. The molecular weight excluding hydrogens is 214 g/mol. The SMILES string of the molecule is C=C(C)C(=O)OC1CC(CC)C2C(N)C=CC12. The molecule has 5 unspecified atom stereocenters. The quantitative estimate of drug-likeness (QED) is 0.462. The van der Waals surface area contributed by atoms with Crippen LogP contribution in [0.2, 0.25) is 0 Å². The van der Waals surface area contributed by atoms with Gasteiger partial charge in [0, 0.05) is 17.5 Å². The molecule has 2 rings (SSSR count). The minimum absolute atomic E-state index is 0.0149. The van der Waals surface area contributed by atoms with E-state index in [1.54, 1.807) is 6.92 Å². The molecule has 5 atom stereocenters. The van der Waals surface area contributed by atoms with Crippen molar-refractivity contribution in [2.75, 3.05) is 0 Å². The summed E-state index contributed by atoms with van der Waals surface area (Å²) in [6, 6.07) is 0.124. The second-order valence-electron chi connectivity index (χ2n) is 5.25. The van der Waals surface area contributed by atoms with Gasteiger partial charge in [-0.1, -0.05) is 32.1 Å². The van der Waals surface area contributed by atoms with Crippen LogP contribution < -0.4 is 5.73 Å². The van der Waals surface area contributed by atoms with Gasteiger partial charge in [0.25, 0.3) is 0 Å². The Kier molecular flexibility index (Phi) is 3.38. The van der Waals surface area contributed by atoms with Gasteiger partial charge in [-0.05, 0) is 25.2 Å². The first-order valence-electron chi connectivity index (χ1n) is 6.35. The third-order valence-corrected chi connectivity index (χ3v) is 4.08. The van der Waals surface area contributed by atoms with Crippen molar-refractivity contribution in [1.29, 1.82) is 0 Å². The summed E-state index contributed by atoms with van der Waals surface area (Å²) in [7, 11) is 0. The van der Waals surface area contributed by atoms with Crippen LogP contribution in [-0.4, -0.2) is 18.1 Å². The molecule has 3 heteroatoms. The van der Waals surface area contributed by atoms with Crippen molar-refractivity contribution in [3.63, 3.8) is 0 Å². The Morgan fingerprint density at radius 3 is 2.82 bits per heavy atom. The summed E-state index contributed by atoms with van der Waals surface area (Å²) in [5, 5.41) is 0. The van der Waals surface area contributed by atoms with Crippen LogP contribution in [-0.2, 0) is 9.53 Å². The van der Waals surface area contributed by atoms with Crippen LogP contribution in [0.1, 0.15) is 26.7 Å². The first-order valence-corrected chi connectivity index (χ1v) is 6.35. The van der Waals surface area contributed by atoms with Crippen molar-refractivity contribution in [1.82, 2.24) is 0 Å². The van der Waals surface area contributed by atoms with E-state index in [0.29, 0.717) is 23.3 Å². The number of rotatable bonds is 3. The van der Waals surface area contributed by atoms with Gasteiger partial charge in [0.1, 0.15) is 6.10 Å². The van der Waals surface area contributed by atoms with Crippen molar-refractivity contribution < 1.29 is 9.53 Å². The molecular formula is C14H21NO2. The van der Waals surface area contributed by atoms with E-state index in [1.165, 1.54) is 0 Å². The molecule has 2 N–H and O–H groups in total. The van der Waals surface area contributed by atoms with Crippen LogP contribution in [0.3, 0.4) is 0 Å². The molecule has 3 nitrogen and oxygen atoms in total. The molecule has 0 bridgehead atoms. The summed E-state index contributed by atoms with van der Waals surface area (Å²) in [4.78, 5) is 11.6. The number of carbonyl (C=O) groups is 1. The standard InChI is InChI=1S/C14H21NO2/c1-4-9-7-12(17-14(16)8(2)3)10-5-6-11(15)13(9)10/h5-6,9-13H,2,4,7,15H2,1,3H3. The number of esters is 1. The van der Waals surface area contributed by atoms with Crippen molar-refractivity contribution in [3.05, 3.63) is 24.3 Å². The number of ether oxygens (including phenoxy) is 1. The minimum Gasteiger partial charge on any atom is -0.458 e. The van der Waals surface area contributed by atoms with Crippen LogP contribution in [0.15, 0.2) is 24.3 Å². The zero-order valence-corrected chi connectivity index (χ0v) is 10.6. The molecule has 0 aromatic rings. The molecule has 1 saturated carbocycles. The second kappa shape index (κ2) is 4.65. The van der Waals surface area contributed by atoms with Gasteiger partial charge in [0.2, 0.25) is 0 Å². The fraction of sp³-hybridized carbons (Fsp3) is 0.643. The molecule has 2 aliphatic carbocycles. The third-order valence-electron chi connectivity index (χ3n) is 4.08. The molecule has 0 amide bonds. The molecule has 0 aromatic carbocycles. The van der Waals surface area contributed by atoms with Gasteiger partial charge < -0.3 is 10.5 Å². The van der Waals surface area contributed by atoms with Gasteiger partial charge in [-0.2, -0.15) is 0 Å². The van der Waals surface area contributed by atoms with Crippen LogP contribution in [0.5, 0.6) is 0 Å². The number of nitrogens with two attached hydrogens (primary N) is 1. The lowest BCUT2D eigenvalue weighted by Gasteiger charge is -2.21. The molecule has 0 aliphatic heterocycles. The van der Waals surface area contributed by atoms with E-state index >= 15 is 0 Å². The Hall–Kier alpha value is -1.09. The maximum absolute atomic E-state index is 11.6. The highest BCUT2D eigenvalue weighted by Crippen LogP contribution is 2.46. The van der Waals surface area contributed by atoms with Gasteiger partial charge in [-0.25, -0.2) is 4.79 Å². The van der Waals surface area contributed by atoms with Crippen molar-refractivity contribution in [2.24, 2.45) is 23.5 Å². The van der Waals surface area contributed by atoms with Crippen molar-refractivity contribution >= 4 is 5.97 Å². The van der Waals surface area contributed by atoms with Gasteiger partial charge in [-0.15, -0.1) is 0 Å². The van der Waals surface area contributed by atoms with E-state index in [4.69, 9.17) is 10.5 Å². The van der Waals surface area contributed by atoms with Gasteiger partial charge >= 0.3 is 5.97 Å². The van der Waals surface area contributed by atoms with Crippen LogP contribution in [0.25, 0.3) is 0 Å². The zero-order valence-electron chi connectivity index (χ0n) is 10.6. The van der Waals surface area contributed by atoms with E-state index in [-0.39, 0.29) is 18.1 Å². The summed E-state index contributed by atoms with van der Waals surface area (Å²) in [6.07, 6.45) is 6.19. The molecule has 94 valence electrons. The van der Waals surface area contributed by atoms with Crippen molar-refractivity contribution in [2.45, 2.75) is 38.8 Å². The smallest absolute Gasteiger partial charge is 0.333 e. The highest BCUT2D eigenvalue weighted by Gasteiger charge is 2.47. The fourth-order valence-electron chi connectivity index (χ4n) is 3.19. The van der Waals surface area contributed by atoms with Gasteiger partial charge in [-0.3, -0.25) is 0 Å². The predicted octanol–water partition coefficient (Wildman–Crippen LogP) is 2.03. The average molecular weight is 235 g/mol. The molecule has 0 spiro atoms. The molecule has 0 saturated heterocycles. The molecule has 1 fully saturated rings. The molecule has 0 aromatic heterocycles. The monoisotopic (exact) mass is 235 g/mol. The van der Waals surface area contributed by atoms with E-state index < -0.39 is 0 Å². The summed E-state index contributed by atoms with van der Waals surface area (Å²) < 4.78 is 5.52. The Bertz CT molecular complexity index is 361. The average Bonchev–Trinajstić information content (AvgIpc) is 2.81. The Labute approximate surface area is 103 Å². The van der Waals surface area contributed by atoms with E-state index in [2.05, 4.69) is 25.7 Å². The first kappa shape index (κ1) is 12.4. The predicted molar refractivity (Wildman–Crippen MR) is 67.2 cm³/mol. The highest BCUT2D eigenvalue weighted by atomic mass is 16.5. The van der Waals surface area contributed by atoms with E-state index in [9.17, 15) is 4.79 Å². The van der Waals surface area contributed by atoms with Crippen LogP contribution in [0.4, 0.5) is 0 Å². The summed E-state index contributed by atoms with van der Waals surface area (Å²) in [6.45, 7) is 7.48. The minimum atomic E-state index is -0.278. The normalized spacial score (nSPS) is 39.1. The number of hydrogen-bond donors (Lipinski definition) is 1. The Morgan fingerprint density at radius 1 is 1.53 bits per heavy atom. The summed E-state index contributed by atoms with van der Waals surface area (Å²) in [5.41, 5.74) is 6.56. The summed E-state index contributed by atoms with van der Waals surface area (Å²) in [5.74, 6) is 1.04. The number of hydrogen-bond acceptors (Lipinski definition) is 3. The Morgan fingerprint density at radius 2 is 2.24 bits per heavy atom. The second-order valence-corrected chi connectivity index (χ2v) is 5.25. The topological polar surface area (TPSA) is 52.3 Å². The fourth-order valence-corrected chi connectivity index (χ4v) is 3.19. The maximum atomic E-state index is 11.6. The van der Waals surface area contributed by atoms with Gasteiger partial charge in [0.05, 0.1) is 0 Å². The van der Waals surface area contributed by atoms with Gasteiger partial charge in [0.15, 0.2) is 0 Å². The molecule has 17 heavy (non-hydrogen) atoms. The summed E-state index contributed by atoms with van der Waals surface area (Å²) >= 11 is 0. The van der Waals surface area contributed by atoms with Crippen LogP contribution >= 0.6 is 0 Å². The van der Waals surface area contributed by atoms with E-state index in [0.717, 1.165) is 12.8 Å². The molecule has 2 aliphatic rings. The molecule has 0 radical (unpaired) electrons. The lowest BCUT2D eigenvalue weighted by molar-refractivity contribution is -0.145. The Balaban J connectivity index is 2.08. The molecule has 0 heterocycles. The van der Waals surface area contributed by atoms with E-state index in [1.807, 2.05) is 0 Å². The largest absolute Gasteiger partial charge is 0.458 e. The van der Waals surface area contributed by atoms with Crippen molar-refractivity contribution in [3.8, 4) is 0 Å². The van der Waals surface area contributed by atoms with Crippen LogP contribution in [0, 0.1) is 17.8 Å². The lowest BCUT2D eigenvalue weighted by atomic mass is 9.87. The lowest BCUT2D eigenvalue weighted by Crippen LogP contribution is -2.31. The third kappa shape index (κ3) is 2.16. The number of carbonyl (C=O) groups excluding carboxylic acids is 1. The number of fused-ring (bicyclic) bond motifs is 1. The highest BCUT2D eigenvalue weighted by molar-refractivity contribution is 5.87.